The van der Waals surface area contributed by atoms with Crippen molar-refractivity contribution in [2.45, 2.75) is 0 Å². The lowest BCUT2D eigenvalue weighted by Gasteiger charge is -1.99. The molecule has 1 rings (SSSR count). The molecule has 12 heavy (non-hydrogen) atoms. The van der Waals surface area contributed by atoms with Gasteiger partial charge in [0.15, 0.2) is 6.29 Å². The van der Waals surface area contributed by atoms with Crippen molar-refractivity contribution < 1.29 is 4.79 Å². The van der Waals surface area contributed by atoms with E-state index in [9.17, 15) is 4.79 Å². The number of pyridine rings is 1. The van der Waals surface area contributed by atoms with Gasteiger partial charge in [-0.3, -0.25) is 9.78 Å². The highest BCUT2D eigenvalue weighted by Crippen LogP contribution is 2.10. The maximum atomic E-state index is 10.4. The van der Waals surface area contributed by atoms with Crippen molar-refractivity contribution in [2.75, 3.05) is 0 Å². The molecule has 0 unspecified atom stereocenters. The van der Waals surface area contributed by atoms with Gasteiger partial charge < -0.3 is 0 Å². The molecule has 1 aromatic heterocycles. The van der Waals surface area contributed by atoms with Crippen LogP contribution in [0, 0.1) is 0 Å². The number of carbonyl (C=O) groups is 1. The summed E-state index contributed by atoms with van der Waals surface area (Å²) in [5.74, 6) is 0. The van der Waals surface area contributed by atoms with Gasteiger partial charge in [0, 0.05) is 6.20 Å². The lowest BCUT2D eigenvalue weighted by atomic mass is 10.1. The topological polar surface area (TPSA) is 30.0 Å². The molecule has 60 valence electrons. The van der Waals surface area contributed by atoms with E-state index in [1.807, 2.05) is 0 Å². The Hall–Kier alpha value is -1.70. The molecular weight excluding hydrogens is 150 g/mol. The summed E-state index contributed by atoms with van der Waals surface area (Å²) in [5, 5.41) is 0. The van der Waals surface area contributed by atoms with E-state index in [0.717, 1.165) is 11.1 Å². The highest BCUT2D eigenvalue weighted by atomic mass is 16.1. The molecule has 0 atom stereocenters. The quantitative estimate of drug-likeness (QED) is 0.633. The average molecular weight is 159 g/mol. The molecule has 2 heteroatoms. The van der Waals surface area contributed by atoms with Crippen LogP contribution in [0.4, 0.5) is 0 Å². The zero-order valence-electron chi connectivity index (χ0n) is 6.66. The molecule has 0 fully saturated rings. The molecule has 0 aromatic carbocycles. The largest absolute Gasteiger partial charge is 0.296 e. The zero-order chi connectivity index (χ0) is 8.97. The molecule has 0 saturated carbocycles. The van der Waals surface area contributed by atoms with Crippen molar-refractivity contribution in [3.8, 4) is 0 Å². The summed E-state index contributed by atoms with van der Waals surface area (Å²) in [7, 11) is 0. The van der Waals surface area contributed by atoms with Crippen LogP contribution in [-0.2, 0) is 0 Å². The molecule has 0 saturated heterocycles. The van der Waals surface area contributed by atoms with Gasteiger partial charge in [0.2, 0.25) is 0 Å². The van der Waals surface area contributed by atoms with Gasteiger partial charge in [0.1, 0.15) is 5.69 Å². The van der Waals surface area contributed by atoms with Gasteiger partial charge >= 0.3 is 0 Å². The first-order valence-corrected chi connectivity index (χ1v) is 3.52. The Morgan fingerprint density at radius 3 is 2.42 bits per heavy atom. The van der Waals surface area contributed by atoms with Crippen molar-refractivity contribution in [3.63, 3.8) is 0 Å². The van der Waals surface area contributed by atoms with Gasteiger partial charge in [-0.1, -0.05) is 25.3 Å². The minimum atomic E-state index is 0.413. The van der Waals surface area contributed by atoms with Crippen LogP contribution in [0.2, 0.25) is 0 Å². The van der Waals surface area contributed by atoms with Gasteiger partial charge in [-0.25, -0.2) is 0 Å². The molecule has 1 heterocycles. The zero-order valence-corrected chi connectivity index (χ0v) is 6.66. The maximum absolute atomic E-state index is 10.4. The third kappa shape index (κ3) is 1.48. The first-order chi connectivity index (χ1) is 5.81. The maximum Gasteiger partial charge on any atom is 0.168 e. The summed E-state index contributed by atoms with van der Waals surface area (Å²) in [5.41, 5.74) is 2.17. The van der Waals surface area contributed by atoms with E-state index in [-0.39, 0.29) is 0 Å². The molecule has 0 bridgehead atoms. The highest BCUT2D eigenvalue weighted by molar-refractivity contribution is 5.75. The van der Waals surface area contributed by atoms with Crippen molar-refractivity contribution in [3.05, 3.63) is 42.2 Å². The summed E-state index contributed by atoms with van der Waals surface area (Å²) in [6.07, 6.45) is 5.66. The van der Waals surface area contributed by atoms with E-state index in [0.29, 0.717) is 12.0 Å². The third-order valence-corrected chi connectivity index (χ3v) is 1.55. The second kappa shape index (κ2) is 3.62. The number of hydrogen-bond acceptors (Lipinski definition) is 2. The Labute approximate surface area is 71.3 Å². The third-order valence-electron chi connectivity index (χ3n) is 1.55. The summed E-state index contributed by atoms with van der Waals surface area (Å²) >= 11 is 0. The Balaban J connectivity index is 3.27. The molecule has 0 aliphatic rings. The van der Waals surface area contributed by atoms with Crippen LogP contribution in [0.1, 0.15) is 21.6 Å². The number of aldehydes is 1. The monoisotopic (exact) mass is 159 g/mol. The normalized spacial score (nSPS) is 9.00. The van der Waals surface area contributed by atoms with Gasteiger partial charge in [-0.2, -0.15) is 0 Å². The van der Waals surface area contributed by atoms with Crippen molar-refractivity contribution in [2.24, 2.45) is 0 Å². The first kappa shape index (κ1) is 8.40. The van der Waals surface area contributed by atoms with Gasteiger partial charge in [-0.05, 0) is 17.2 Å². The summed E-state index contributed by atoms with van der Waals surface area (Å²) in [6, 6.07) is 1.68. The Bertz CT molecular complexity index is 329. The van der Waals surface area contributed by atoms with Crippen molar-refractivity contribution in [1.82, 2.24) is 4.98 Å². The molecule has 2 nitrogen and oxygen atoms in total. The molecular formula is C10H9NO. The Morgan fingerprint density at radius 1 is 1.25 bits per heavy atom. The molecule has 0 N–H and O–H groups in total. The van der Waals surface area contributed by atoms with Crippen LogP contribution in [0.15, 0.2) is 25.4 Å². The molecule has 0 spiro atoms. The SMILES string of the molecule is C=Cc1cnc(C=O)cc1C=C. The van der Waals surface area contributed by atoms with Gasteiger partial charge in [-0.15, -0.1) is 0 Å². The van der Waals surface area contributed by atoms with E-state index in [2.05, 4.69) is 18.1 Å². The Kier molecular flexibility index (Phi) is 2.53. The predicted molar refractivity (Wildman–Crippen MR) is 49.8 cm³/mol. The van der Waals surface area contributed by atoms with E-state index >= 15 is 0 Å². The van der Waals surface area contributed by atoms with Crippen LogP contribution in [0.3, 0.4) is 0 Å². The second-order valence-electron chi connectivity index (χ2n) is 2.26. The van der Waals surface area contributed by atoms with Crippen LogP contribution in [0.25, 0.3) is 12.2 Å². The highest BCUT2D eigenvalue weighted by Gasteiger charge is 1.97. The molecule has 0 aliphatic carbocycles. The fourth-order valence-electron chi connectivity index (χ4n) is 0.910. The van der Waals surface area contributed by atoms with E-state index < -0.39 is 0 Å². The first-order valence-electron chi connectivity index (χ1n) is 3.52. The van der Waals surface area contributed by atoms with Crippen LogP contribution < -0.4 is 0 Å². The summed E-state index contributed by atoms with van der Waals surface area (Å²) in [6.45, 7) is 7.24. The number of aromatic nitrogens is 1. The minimum absolute atomic E-state index is 0.413. The minimum Gasteiger partial charge on any atom is -0.296 e. The van der Waals surface area contributed by atoms with Crippen molar-refractivity contribution in [1.29, 1.82) is 0 Å². The number of carbonyl (C=O) groups excluding carboxylic acids is 1. The van der Waals surface area contributed by atoms with Gasteiger partial charge in [0.05, 0.1) is 0 Å². The number of hydrogen-bond donors (Lipinski definition) is 0. The van der Waals surface area contributed by atoms with Crippen LogP contribution in [-0.4, -0.2) is 11.3 Å². The lowest BCUT2D eigenvalue weighted by Crippen LogP contribution is -1.89. The van der Waals surface area contributed by atoms with Gasteiger partial charge in [0.25, 0.3) is 0 Å². The Morgan fingerprint density at radius 2 is 1.92 bits per heavy atom. The van der Waals surface area contributed by atoms with Crippen LogP contribution in [0.5, 0.6) is 0 Å². The number of rotatable bonds is 3. The standard InChI is InChI=1S/C10H9NO/c1-3-8-5-10(7-12)11-6-9(8)4-2/h3-7H,1-2H2. The number of nitrogens with zero attached hydrogens (tertiary/aromatic N) is 1. The molecule has 0 aliphatic heterocycles. The van der Waals surface area contributed by atoms with Crippen LogP contribution >= 0.6 is 0 Å². The average Bonchev–Trinajstić information content (AvgIpc) is 2.16. The lowest BCUT2D eigenvalue weighted by molar-refractivity contribution is 0.111. The smallest absolute Gasteiger partial charge is 0.168 e. The van der Waals surface area contributed by atoms with E-state index in [1.165, 1.54) is 0 Å². The fourth-order valence-corrected chi connectivity index (χ4v) is 0.910. The molecule has 0 radical (unpaired) electrons. The molecule has 0 amide bonds. The van der Waals surface area contributed by atoms with E-state index in [4.69, 9.17) is 0 Å². The van der Waals surface area contributed by atoms with E-state index in [1.54, 1.807) is 24.4 Å². The predicted octanol–water partition coefficient (Wildman–Crippen LogP) is 2.18. The molecule has 1 aromatic rings. The summed E-state index contributed by atoms with van der Waals surface area (Å²) < 4.78 is 0. The second-order valence-corrected chi connectivity index (χ2v) is 2.26. The summed E-state index contributed by atoms with van der Waals surface area (Å²) in [4.78, 5) is 14.2. The van der Waals surface area contributed by atoms with Crippen molar-refractivity contribution >= 4 is 18.4 Å². The fraction of sp³-hybridized carbons (Fsp3) is 0.